The van der Waals surface area contributed by atoms with E-state index in [-0.39, 0.29) is 11.7 Å². The van der Waals surface area contributed by atoms with Gasteiger partial charge in [-0.3, -0.25) is 0 Å². The molecule has 2 heterocycles. The number of furan rings is 1. The topological polar surface area (TPSA) is 38.9 Å². The van der Waals surface area contributed by atoms with Gasteiger partial charge in [0.1, 0.15) is 11.2 Å². The average molecular weight is 420 g/mol. The van der Waals surface area contributed by atoms with Crippen molar-refractivity contribution in [1.82, 2.24) is 9.97 Å². The molecule has 4 aromatic carbocycles. The molecule has 0 aliphatic heterocycles. The number of nitrogens with zero attached hydrogens (tertiary/aromatic N) is 2. The summed E-state index contributed by atoms with van der Waals surface area (Å²) in [6.07, 6.45) is -0.426. The molecule has 3 nitrogen and oxygen atoms in total. The molecule has 0 unspecified atom stereocenters. The van der Waals surface area contributed by atoms with Crippen molar-refractivity contribution >= 4 is 43.5 Å². The van der Waals surface area contributed by atoms with E-state index in [4.69, 9.17) is 8.53 Å². The molecule has 0 amide bonds. The molecule has 0 fully saturated rings. The van der Waals surface area contributed by atoms with Gasteiger partial charge in [-0.1, -0.05) is 75.4 Å². The van der Waals surface area contributed by atoms with Crippen LogP contribution < -0.4 is 0 Å². The highest BCUT2D eigenvalue weighted by atomic mass is 16.3. The van der Waals surface area contributed by atoms with Gasteiger partial charge in [-0.05, 0) is 46.1 Å². The predicted molar refractivity (Wildman–Crippen MR) is 133 cm³/mol. The van der Waals surface area contributed by atoms with Crippen molar-refractivity contribution < 1.29 is 8.53 Å². The van der Waals surface area contributed by atoms with Gasteiger partial charge in [-0.2, -0.15) is 0 Å². The molecule has 2 aromatic heterocycles. The van der Waals surface area contributed by atoms with Crippen LogP contribution in [0, 0.1) is 5.41 Å². The molecular formula is C29H24N2O. The van der Waals surface area contributed by atoms with Crippen LogP contribution >= 0.6 is 0 Å². The van der Waals surface area contributed by atoms with Crippen molar-refractivity contribution in [3.05, 3.63) is 84.7 Å². The van der Waals surface area contributed by atoms with E-state index in [2.05, 4.69) is 46.4 Å². The fraction of sp³-hybridized carbons (Fsp3) is 0.172. The Kier molecular flexibility index (Phi) is 3.44. The van der Waals surface area contributed by atoms with Crippen LogP contribution in [0.25, 0.3) is 54.9 Å². The molecule has 0 bridgehead atoms. The maximum absolute atomic E-state index is 8.67. The fourth-order valence-electron chi connectivity index (χ4n) is 4.39. The average Bonchev–Trinajstić information content (AvgIpc) is 3.22. The second-order valence-electron chi connectivity index (χ2n) is 9.17. The van der Waals surface area contributed by atoms with E-state index in [1.165, 1.54) is 6.20 Å². The summed E-state index contributed by atoms with van der Waals surface area (Å²) in [5.74, 6) is 0.350. The van der Waals surface area contributed by atoms with Crippen molar-refractivity contribution in [3.63, 3.8) is 0 Å². The zero-order chi connectivity index (χ0) is 24.5. The van der Waals surface area contributed by atoms with Gasteiger partial charge in [0.2, 0.25) is 0 Å². The minimum Gasteiger partial charge on any atom is -0.455 e. The van der Waals surface area contributed by atoms with E-state index in [1.807, 2.05) is 51.1 Å². The Labute approximate surface area is 190 Å². The van der Waals surface area contributed by atoms with Gasteiger partial charge in [0.05, 0.1) is 6.93 Å². The lowest BCUT2D eigenvalue weighted by Gasteiger charge is -2.17. The Morgan fingerprint density at radius 2 is 1.59 bits per heavy atom. The van der Waals surface area contributed by atoms with Gasteiger partial charge in [-0.25, -0.2) is 9.97 Å². The fourth-order valence-corrected chi connectivity index (χ4v) is 4.39. The number of hydrogen-bond acceptors (Lipinski definition) is 3. The first-order chi connectivity index (χ1) is 16.7. The van der Waals surface area contributed by atoms with Crippen molar-refractivity contribution in [3.8, 4) is 11.4 Å². The predicted octanol–water partition coefficient (Wildman–Crippen LogP) is 7.94. The maximum Gasteiger partial charge on any atom is 0.163 e. The SMILES string of the molecule is [2H]c1cnc(-c2cccc3c2oc2c3ccc3ccc4ccccc4c32)nc1C([2H])([2H])C(C)(C)C. The minimum absolute atomic E-state index is 0.0112. The van der Waals surface area contributed by atoms with E-state index < -0.39 is 11.8 Å². The van der Waals surface area contributed by atoms with Gasteiger partial charge in [0, 0.05) is 30.8 Å². The smallest absolute Gasteiger partial charge is 0.163 e. The molecular weight excluding hydrogens is 392 g/mol. The first kappa shape index (κ1) is 16.0. The van der Waals surface area contributed by atoms with E-state index in [0.29, 0.717) is 17.0 Å². The minimum atomic E-state index is -1.81. The number of aromatic nitrogens is 2. The molecule has 3 heteroatoms. The lowest BCUT2D eigenvalue weighted by atomic mass is 9.90. The number of hydrogen-bond donors (Lipinski definition) is 0. The van der Waals surface area contributed by atoms with Gasteiger partial charge >= 0.3 is 0 Å². The molecule has 0 N–H and O–H groups in total. The Morgan fingerprint density at radius 3 is 2.47 bits per heavy atom. The first-order valence-corrected chi connectivity index (χ1v) is 10.8. The van der Waals surface area contributed by atoms with Gasteiger partial charge in [0.15, 0.2) is 5.82 Å². The summed E-state index contributed by atoms with van der Waals surface area (Å²) in [6.45, 7) is 5.43. The van der Waals surface area contributed by atoms with E-state index in [1.54, 1.807) is 0 Å². The molecule has 32 heavy (non-hydrogen) atoms. The lowest BCUT2D eigenvalue weighted by Crippen LogP contribution is -2.11. The van der Waals surface area contributed by atoms with Crippen molar-refractivity contribution in [2.24, 2.45) is 5.41 Å². The molecule has 156 valence electrons. The summed E-state index contributed by atoms with van der Waals surface area (Å²) in [7, 11) is 0. The van der Waals surface area contributed by atoms with Gasteiger partial charge < -0.3 is 4.42 Å². The normalized spacial score (nSPS) is 14.2. The van der Waals surface area contributed by atoms with Crippen LogP contribution in [-0.2, 0) is 6.37 Å². The summed E-state index contributed by atoms with van der Waals surface area (Å²) in [5, 5.41) is 6.41. The molecule has 0 radical (unpaired) electrons. The summed E-state index contributed by atoms with van der Waals surface area (Å²) in [6, 6.07) is 22.6. The van der Waals surface area contributed by atoms with E-state index in [9.17, 15) is 0 Å². The summed E-state index contributed by atoms with van der Waals surface area (Å²) < 4.78 is 32.2. The number of benzene rings is 4. The first-order valence-electron chi connectivity index (χ1n) is 12.3. The number of fused-ring (bicyclic) bond motifs is 7. The molecule has 0 saturated carbocycles. The Morgan fingerprint density at radius 1 is 0.844 bits per heavy atom. The summed E-state index contributed by atoms with van der Waals surface area (Å²) in [5.41, 5.74) is 1.49. The van der Waals surface area contributed by atoms with Crippen LogP contribution in [0.1, 0.15) is 30.6 Å². The highest BCUT2D eigenvalue weighted by molar-refractivity contribution is 6.23. The molecule has 6 aromatic rings. The monoisotopic (exact) mass is 419 g/mol. The highest BCUT2D eigenvalue weighted by Gasteiger charge is 2.18. The van der Waals surface area contributed by atoms with E-state index >= 15 is 0 Å². The number of para-hydroxylation sites is 1. The second kappa shape index (κ2) is 6.89. The van der Waals surface area contributed by atoms with Crippen LogP contribution in [0.5, 0.6) is 0 Å². The van der Waals surface area contributed by atoms with Crippen molar-refractivity contribution in [1.29, 1.82) is 0 Å². The quantitative estimate of drug-likeness (QED) is 0.267. The van der Waals surface area contributed by atoms with Crippen molar-refractivity contribution in [2.75, 3.05) is 0 Å². The van der Waals surface area contributed by atoms with Crippen LogP contribution in [0.4, 0.5) is 0 Å². The zero-order valence-corrected chi connectivity index (χ0v) is 18.2. The Hall–Kier alpha value is -3.72. The Balaban J connectivity index is 1.66. The van der Waals surface area contributed by atoms with Crippen molar-refractivity contribution in [2.45, 2.75) is 27.1 Å². The molecule has 6 rings (SSSR count). The second-order valence-corrected chi connectivity index (χ2v) is 9.17. The molecule has 0 saturated heterocycles. The largest absolute Gasteiger partial charge is 0.455 e. The van der Waals surface area contributed by atoms with Crippen LogP contribution in [0.3, 0.4) is 0 Å². The molecule has 0 spiro atoms. The van der Waals surface area contributed by atoms with Gasteiger partial charge in [-0.15, -0.1) is 0 Å². The third kappa shape index (κ3) is 3.04. The summed E-state index contributed by atoms with van der Waals surface area (Å²) in [4.78, 5) is 8.99. The zero-order valence-electron chi connectivity index (χ0n) is 21.2. The molecule has 0 aliphatic rings. The molecule has 0 atom stereocenters. The highest BCUT2D eigenvalue weighted by Crippen LogP contribution is 2.40. The summed E-state index contributed by atoms with van der Waals surface area (Å²) >= 11 is 0. The Bertz CT molecular complexity index is 1780. The number of rotatable bonds is 2. The van der Waals surface area contributed by atoms with Crippen LogP contribution in [-0.4, -0.2) is 9.97 Å². The maximum atomic E-state index is 8.67. The lowest BCUT2D eigenvalue weighted by molar-refractivity contribution is 0.406. The van der Waals surface area contributed by atoms with Crippen LogP contribution in [0.2, 0.25) is 0 Å². The van der Waals surface area contributed by atoms with Crippen LogP contribution in [0.15, 0.2) is 83.4 Å². The standard InChI is InChI=1S/C29H24N2O/c1-29(2,3)17-20-15-16-30-28(31-20)24-10-6-9-22-23-14-13-19-12-11-18-7-4-5-8-21(18)25(19)27(23)32-26(22)24/h4-16H,17H2,1-3H3/i15D,17D2. The third-order valence-corrected chi connectivity index (χ3v) is 5.71. The molecule has 0 aliphatic carbocycles. The third-order valence-electron chi connectivity index (χ3n) is 5.71. The van der Waals surface area contributed by atoms with Gasteiger partial charge in [0.25, 0.3) is 0 Å². The van der Waals surface area contributed by atoms with E-state index in [0.717, 1.165) is 37.9 Å².